The Balaban J connectivity index is 0.000000150. The quantitative estimate of drug-likeness (QED) is 0.134. The normalized spacial score (nSPS) is 16.5. The highest BCUT2D eigenvalue weighted by Gasteiger charge is 2.44. The van der Waals surface area contributed by atoms with Gasteiger partial charge in [-0.05, 0) is 164 Å². The number of fused-ring (bicyclic) bond motifs is 4. The summed E-state index contributed by atoms with van der Waals surface area (Å²) in [6, 6.07) is 12.9. The average molecular weight is 831 g/mol. The van der Waals surface area contributed by atoms with Gasteiger partial charge < -0.3 is 0 Å². The molecule has 8 rings (SSSR count). The minimum absolute atomic E-state index is 0.0153. The summed E-state index contributed by atoms with van der Waals surface area (Å²) in [6.07, 6.45) is 3.53. The summed E-state index contributed by atoms with van der Waals surface area (Å²) in [4.78, 5) is 0. The van der Waals surface area contributed by atoms with Crippen molar-refractivity contribution in [3.05, 3.63) is 163 Å². The van der Waals surface area contributed by atoms with Gasteiger partial charge in [0.2, 0.25) is 0 Å². The number of benzene rings is 6. The van der Waals surface area contributed by atoms with Crippen molar-refractivity contribution in [3.8, 4) is 0 Å². The third-order valence-corrected chi connectivity index (χ3v) is 11.5. The van der Waals surface area contributed by atoms with Gasteiger partial charge in [-0.1, -0.05) is 49.7 Å². The molecule has 0 aliphatic heterocycles. The van der Waals surface area contributed by atoms with Gasteiger partial charge in [0.1, 0.15) is 5.82 Å². The molecule has 0 aromatic heterocycles. The minimum Gasteiger partial charge on any atom is -0.206 e. The molecule has 0 saturated carbocycles. The summed E-state index contributed by atoms with van der Waals surface area (Å²) in [7, 11) is 0. The maximum absolute atomic E-state index is 13.8. The third-order valence-electron chi connectivity index (χ3n) is 11.5. The first-order valence-electron chi connectivity index (χ1n) is 19.3. The topological polar surface area (TPSA) is 0 Å². The Hall–Kier alpha value is -4.93. The Bertz CT molecular complexity index is 2560. The van der Waals surface area contributed by atoms with Crippen LogP contribution >= 0.6 is 0 Å². The van der Waals surface area contributed by atoms with Crippen LogP contribution in [0.15, 0.2) is 54.6 Å². The van der Waals surface area contributed by atoms with Gasteiger partial charge in [-0.2, -0.15) is 0 Å². The number of rotatable bonds is 0. The van der Waals surface area contributed by atoms with E-state index in [1.165, 1.54) is 32.9 Å². The molecule has 0 nitrogen and oxygen atoms in total. The first kappa shape index (κ1) is 45.2. The summed E-state index contributed by atoms with van der Waals surface area (Å²) < 4.78 is 146. The van der Waals surface area contributed by atoms with Gasteiger partial charge in [-0.15, -0.1) is 0 Å². The van der Waals surface area contributed by atoms with Gasteiger partial charge in [-0.3, -0.25) is 0 Å². The second-order valence-corrected chi connectivity index (χ2v) is 15.8. The fourth-order valence-electron chi connectivity index (χ4n) is 7.77. The fourth-order valence-corrected chi connectivity index (χ4v) is 7.77. The zero-order valence-corrected chi connectivity index (χ0v) is 34.0. The Morgan fingerprint density at radius 3 is 1.64 bits per heavy atom. The predicted molar refractivity (Wildman–Crippen MR) is 211 cm³/mol. The molecule has 6 aromatic rings. The lowest BCUT2D eigenvalue weighted by molar-refractivity contribution is -0.0685. The van der Waals surface area contributed by atoms with Crippen LogP contribution in [0.25, 0.3) is 21.5 Å². The lowest BCUT2D eigenvalue weighted by Gasteiger charge is -2.32. The molecule has 314 valence electrons. The van der Waals surface area contributed by atoms with E-state index in [1.54, 1.807) is 32.9 Å². The predicted octanol–water partition coefficient (Wildman–Crippen LogP) is 15.0. The summed E-state index contributed by atoms with van der Waals surface area (Å²) >= 11 is 0. The van der Waals surface area contributed by atoms with Crippen molar-refractivity contribution in [3.63, 3.8) is 0 Å². The van der Waals surface area contributed by atoms with Crippen molar-refractivity contribution in [2.24, 2.45) is 11.8 Å². The first-order valence-corrected chi connectivity index (χ1v) is 19.3. The van der Waals surface area contributed by atoms with Crippen molar-refractivity contribution < 1.29 is 48.3 Å². The van der Waals surface area contributed by atoms with E-state index in [-0.39, 0.29) is 27.6 Å². The molecular formula is C48H45F11. The van der Waals surface area contributed by atoms with Crippen molar-refractivity contribution in [2.75, 3.05) is 0 Å². The minimum atomic E-state index is -3.06. The molecule has 0 bridgehead atoms. The molecule has 11 heteroatoms. The van der Waals surface area contributed by atoms with E-state index in [4.69, 9.17) is 0 Å². The van der Waals surface area contributed by atoms with Gasteiger partial charge in [0.05, 0.1) is 0 Å². The summed E-state index contributed by atoms with van der Waals surface area (Å²) in [6.45, 7) is 13.2. The molecule has 2 unspecified atom stereocenters. The van der Waals surface area contributed by atoms with Crippen LogP contribution in [0.3, 0.4) is 0 Å². The summed E-state index contributed by atoms with van der Waals surface area (Å²) in [5.41, 5.74) is 4.46. The molecule has 6 aromatic carbocycles. The molecule has 0 amide bonds. The molecule has 0 radical (unpaired) electrons. The highest BCUT2D eigenvalue weighted by molar-refractivity contribution is 5.87. The second-order valence-electron chi connectivity index (χ2n) is 15.8. The van der Waals surface area contributed by atoms with Gasteiger partial charge in [0.25, 0.3) is 5.92 Å². The Morgan fingerprint density at radius 2 is 1.00 bits per heavy atom. The van der Waals surface area contributed by atoms with Crippen LogP contribution in [0.4, 0.5) is 48.3 Å². The second kappa shape index (κ2) is 17.7. The van der Waals surface area contributed by atoms with Gasteiger partial charge in [-0.25, -0.2) is 48.3 Å². The van der Waals surface area contributed by atoms with E-state index < -0.39 is 64.2 Å². The van der Waals surface area contributed by atoms with E-state index in [0.717, 1.165) is 52.8 Å². The highest BCUT2D eigenvalue weighted by Crippen LogP contribution is 2.45. The molecule has 0 spiro atoms. The smallest absolute Gasteiger partial charge is 0.206 e. The maximum Gasteiger partial charge on any atom is 0.276 e. The van der Waals surface area contributed by atoms with Crippen molar-refractivity contribution >= 4 is 21.5 Å². The Kier molecular flexibility index (Phi) is 13.6. The van der Waals surface area contributed by atoms with Crippen LogP contribution in [0, 0.1) is 106 Å². The monoisotopic (exact) mass is 830 g/mol. The van der Waals surface area contributed by atoms with Crippen LogP contribution < -0.4 is 0 Å². The van der Waals surface area contributed by atoms with Crippen LogP contribution in [0.5, 0.6) is 0 Å². The van der Waals surface area contributed by atoms with Crippen molar-refractivity contribution in [2.45, 2.75) is 93.4 Å². The fraction of sp³-hybridized carbons (Fsp3) is 0.333. The van der Waals surface area contributed by atoms with Crippen LogP contribution in [0.2, 0.25) is 0 Å². The molecule has 2 atom stereocenters. The molecule has 0 saturated heterocycles. The Labute approximate surface area is 337 Å². The van der Waals surface area contributed by atoms with Gasteiger partial charge >= 0.3 is 0 Å². The summed E-state index contributed by atoms with van der Waals surface area (Å²) in [5.74, 6) is -10.8. The standard InChI is InChI=1S/C12H12F4.C12H9F3.C12H14F2.C12H10F2/c1-6-3-4-8-7(2)11(14)10(13)5-9(8)12(6,15)16;1-6-3-4-8-7(2)12(15)10(13)5-9(8)11(6)14;2*1-7-3-4-10-8(2)12(14)11(13)6-9(10)5-7/h5-6H,3-4H2,1-2H3;3-5H,1-2H3;6-7H,3-5H2,1-2H3;3-6H,1-2H3. The lowest BCUT2D eigenvalue weighted by Crippen LogP contribution is -2.30. The van der Waals surface area contributed by atoms with E-state index >= 15 is 0 Å². The van der Waals surface area contributed by atoms with Crippen LogP contribution in [0.1, 0.15) is 82.3 Å². The lowest BCUT2D eigenvalue weighted by atomic mass is 9.79. The molecule has 2 aliphatic carbocycles. The third kappa shape index (κ3) is 9.14. The maximum atomic E-state index is 13.8. The van der Waals surface area contributed by atoms with E-state index in [1.807, 2.05) is 25.1 Å². The number of halogens is 11. The number of aryl methyl sites for hydroxylation is 4. The zero-order valence-electron chi connectivity index (χ0n) is 34.0. The van der Waals surface area contributed by atoms with E-state index in [9.17, 15) is 48.3 Å². The highest BCUT2D eigenvalue weighted by atomic mass is 19.3. The van der Waals surface area contributed by atoms with E-state index in [2.05, 4.69) is 6.92 Å². The Morgan fingerprint density at radius 1 is 0.492 bits per heavy atom. The molecule has 59 heavy (non-hydrogen) atoms. The zero-order chi connectivity index (χ0) is 43.8. The van der Waals surface area contributed by atoms with E-state index in [0.29, 0.717) is 46.9 Å². The van der Waals surface area contributed by atoms with Crippen molar-refractivity contribution in [1.82, 2.24) is 0 Å². The van der Waals surface area contributed by atoms with Gasteiger partial charge in [0, 0.05) is 16.9 Å². The summed E-state index contributed by atoms with van der Waals surface area (Å²) in [5, 5.41) is 2.07. The number of hydrogen-bond acceptors (Lipinski definition) is 0. The molecule has 0 fully saturated rings. The molecular weight excluding hydrogens is 786 g/mol. The largest absolute Gasteiger partial charge is 0.276 e. The average Bonchev–Trinajstić information content (AvgIpc) is 3.18. The van der Waals surface area contributed by atoms with Crippen LogP contribution in [-0.4, -0.2) is 0 Å². The molecule has 0 N–H and O–H groups in total. The first-order chi connectivity index (χ1) is 27.6. The van der Waals surface area contributed by atoms with Crippen molar-refractivity contribution in [1.29, 1.82) is 0 Å². The molecule has 0 heterocycles. The number of hydrogen-bond donors (Lipinski definition) is 0. The molecule has 2 aliphatic rings. The van der Waals surface area contributed by atoms with Crippen LogP contribution in [-0.2, 0) is 25.2 Å². The van der Waals surface area contributed by atoms with Gasteiger partial charge in [0.15, 0.2) is 46.5 Å². The number of alkyl halides is 2. The SMILES string of the molecule is Cc1c(F)c(F)cc2c1CCC(C)C2.Cc1c(F)c(F)cc2c1CCC(C)C2(F)F.Cc1ccc2c(C)c(F)c(F)cc2c1.Cc1ccc2c(C)c(F)c(F)cc2c1F.